The van der Waals surface area contributed by atoms with Gasteiger partial charge in [-0.1, -0.05) is 70.9 Å². The van der Waals surface area contributed by atoms with Crippen LogP contribution in [0.3, 0.4) is 0 Å². The van der Waals surface area contributed by atoms with Crippen LogP contribution < -0.4 is 22.1 Å². The third-order valence-electron chi connectivity index (χ3n) is 10.6. The average Bonchev–Trinajstić information content (AvgIpc) is 3.37. The number of unbranched alkanes of at least 4 members (excludes halogenated alkanes) is 3. The molecular formula is C35H56BN5O5. The highest BCUT2D eigenvalue weighted by Gasteiger charge is 2.68. The molecule has 3 saturated carbocycles. The number of hydrogen-bond acceptors (Lipinski definition) is 6. The maximum atomic E-state index is 13.8. The first-order valence-corrected chi connectivity index (χ1v) is 17.4. The van der Waals surface area contributed by atoms with E-state index in [9.17, 15) is 14.4 Å². The van der Waals surface area contributed by atoms with Gasteiger partial charge in [-0.2, -0.15) is 0 Å². The van der Waals surface area contributed by atoms with E-state index in [-0.39, 0.29) is 46.6 Å². The molecule has 0 radical (unpaired) electrons. The number of benzene rings is 1. The number of rotatable bonds is 18. The van der Waals surface area contributed by atoms with Crippen molar-refractivity contribution < 1.29 is 23.7 Å². The standard InChI is InChI=1S/C35H56BN5O5/c1-23(2)20-30(36-45-29-22-25-21-28(34(25,3)4)35(29,5)46-36)41-32(44)26(16-13-19-39-33(37)38)40-31(43)18-12-7-6-11-17-27(42)24-14-9-8-10-15-24/h8-10,14-15,23,25-26,28-30H,6-7,11-13,16-22H2,1-5H3,(H,40,43)(H,41,44)(H4,37,38,39)/t25-,26-,28-,29+,30-,35-/m0/s1. The summed E-state index contributed by atoms with van der Waals surface area (Å²) in [7, 11) is -0.539. The highest BCUT2D eigenvalue weighted by molar-refractivity contribution is 6.48. The number of aliphatic imine (C=N–C) groups is 1. The molecule has 2 amide bonds. The Labute approximate surface area is 275 Å². The summed E-state index contributed by atoms with van der Waals surface area (Å²) in [5.74, 6) is 0.747. The summed E-state index contributed by atoms with van der Waals surface area (Å²) in [5, 5.41) is 6.18. The largest absolute Gasteiger partial charge is 0.481 e. The van der Waals surface area contributed by atoms with Gasteiger partial charge in [-0.3, -0.25) is 19.4 Å². The van der Waals surface area contributed by atoms with Gasteiger partial charge in [0.05, 0.1) is 17.6 Å². The zero-order valence-corrected chi connectivity index (χ0v) is 28.6. The van der Waals surface area contributed by atoms with Gasteiger partial charge in [0.2, 0.25) is 11.8 Å². The van der Waals surface area contributed by atoms with Crippen molar-refractivity contribution >= 4 is 30.7 Å². The van der Waals surface area contributed by atoms with Crippen molar-refractivity contribution in [1.82, 2.24) is 10.6 Å². The van der Waals surface area contributed by atoms with Crippen molar-refractivity contribution in [2.45, 2.75) is 129 Å². The van der Waals surface area contributed by atoms with E-state index >= 15 is 0 Å². The van der Waals surface area contributed by atoms with E-state index in [2.05, 4.69) is 50.2 Å². The van der Waals surface area contributed by atoms with E-state index in [0.29, 0.717) is 62.8 Å². The molecule has 4 aliphatic rings. The Hall–Kier alpha value is -2.92. The zero-order chi connectivity index (χ0) is 33.5. The smallest absolute Gasteiger partial charge is 0.404 e. The van der Waals surface area contributed by atoms with Crippen molar-refractivity contribution in [2.75, 3.05) is 6.54 Å². The van der Waals surface area contributed by atoms with Crippen molar-refractivity contribution in [3.05, 3.63) is 35.9 Å². The van der Waals surface area contributed by atoms with E-state index in [0.717, 1.165) is 37.7 Å². The Balaban J connectivity index is 1.30. The van der Waals surface area contributed by atoms with E-state index in [1.54, 1.807) is 0 Å². The van der Waals surface area contributed by atoms with Gasteiger partial charge >= 0.3 is 7.12 Å². The number of Topliss-reactive ketones (excluding diaryl/α,β-unsaturated/α-hetero) is 1. The second-order valence-corrected chi connectivity index (χ2v) is 14.9. The van der Waals surface area contributed by atoms with Crippen molar-refractivity contribution in [3.63, 3.8) is 0 Å². The Kier molecular flexibility index (Phi) is 12.3. The molecule has 1 saturated heterocycles. The highest BCUT2D eigenvalue weighted by Crippen LogP contribution is 2.65. The topological polar surface area (TPSA) is 158 Å². The highest BCUT2D eigenvalue weighted by atomic mass is 16.7. The maximum Gasteiger partial charge on any atom is 0.481 e. The van der Waals surface area contributed by atoms with Crippen molar-refractivity contribution in [2.24, 2.45) is 39.6 Å². The van der Waals surface area contributed by atoms with E-state index in [1.165, 1.54) is 0 Å². The summed E-state index contributed by atoms with van der Waals surface area (Å²) in [6, 6.07) is 8.59. The number of nitrogens with one attached hydrogen (secondary N) is 2. The molecule has 1 aliphatic heterocycles. The van der Waals surface area contributed by atoms with Crippen LogP contribution in [0.5, 0.6) is 0 Å². The number of ketones is 1. The van der Waals surface area contributed by atoms with Crippen LogP contribution in [-0.2, 0) is 18.9 Å². The molecule has 1 aromatic rings. The van der Waals surface area contributed by atoms with Gasteiger partial charge in [0, 0.05) is 24.9 Å². The van der Waals surface area contributed by atoms with Crippen LogP contribution in [0.15, 0.2) is 35.3 Å². The maximum absolute atomic E-state index is 13.8. The average molecular weight is 638 g/mol. The lowest BCUT2D eigenvalue weighted by Gasteiger charge is -2.64. The molecule has 6 N–H and O–H groups in total. The van der Waals surface area contributed by atoms with E-state index in [1.807, 2.05) is 30.3 Å². The zero-order valence-electron chi connectivity index (χ0n) is 28.6. The molecule has 0 aromatic heterocycles. The SMILES string of the molecule is CC(C)C[C@H](NC(=O)[C@H](CCCN=C(N)N)NC(=O)CCCCCCC(=O)c1ccccc1)B1O[C@@H]2C[C@@H]3C[C@@H](C3(C)C)[C@]2(C)O1. The van der Waals surface area contributed by atoms with Crippen LogP contribution in [0.2, 0.25) is 0 Å². The summed E-state index contributed by atoms with van der Waals surface area (Å²) in [5.41, 5.74) is 11.6. The quantitative estimate of drug-likeness (QED) is 0.0605. The Morgan fingerprint density at radius 1 is 0.978 bits per heavy atom. The van der Waals surface area contributed by atoms with Crippen LogP contribution in [0.1, 0.15) is 116 Å². The molecule has 46 heavy (non-hydrogen) atoms. The van der Waals surface area contributed by atoms with Crippen LogP contribution in [0.4, 0.5) is 0 Å². The Bertz CT molecular complexity index is 1220. The summed E-state index contributed by atoms with van der Waals surface area (Å²) >= 11 is 0. The normalized spacial score (nSPS) is 25.6. The first kappa shape index (κ1) is 35.9. The predicted octanol–water partition coefficient (Wildman–Crippen LogP) is 4.55. The van der Waals surface area contributed by atoms with Crippen LogP contribution in [-0.4, -0.2) is 60.9 Å². The van der Waals surface area contributed by atoms with Crippen molar-refractivity contribution in [1.29, 1.82) is 0 Å². The summed E-state index contributed by atoms with van der Waals surface area (Å²) in [4.78, 5) is 43.1. The summed E-state index contributed by atoms with van der Waals surface area (Å²) < 4.78 is 13.3. The fourth-order valence-corrected chi connectivity index (χ4v) is 7.83. The monoisotopic (exact) mass is 637 g/mol. The number of carbonyl (C=O) groups excluding carboxylic acids is 3. The second-order valence-electron chi connectivity index (χ2n) is 14.9. The molecule has 0 unspecified atom stereocenters. The van der Waals surface area contributed by atoms with E-state index < -0.39 is 13.2 Å². The number of nitrogens with two attached hydrogens (primary N) is 2. The summed E-state index contributed by atoms with van der Waals surface area (Å²) in [6.45, 7) is 11.5. The van der Waals surface area contributed by atoms with Crippen LogP contribution >= 0.6 is 0 Å². The number of hydrogen-bond donors (Lipinski definition) is 4. The number of amides is 2. The van der Waals surface area contributed by atoms with Crippen LogP contribution in [0, 0.1) is 23.2 Å². The van der Waals surface area contributed by atoms with Gasteiger partial charge in [-0.15, -0.1) is 0 Å². The third-order valence-corrected chi connectivity index (χ3v) is 10.6. The van der Waals surface area contributed by atoms with Crippen LogP contribution in [0.25, 0.3) is 0 Å². The number of guanidine groups is 1. The molecule has 1 aromatic carbocycles. The molecule has 5 rings (SSSR count). The second kappa shape index (κ2) is 15.8. The van der Waals surface area contributed by atoms with E-state index in [4.69, 9.17) is 20.8 Å². The third kappa shape index (κ3) is 8.91. The number of nitrogens with zero attached hydrogens (tertiary/aromatic N) is 1. The lowest BCUT2D eigenvalue weighted by Crippen LogP contribution is -2.65. The minimum absolute atomic E-state index is 0.000856. The minimum atomic E-state index is -0.731. The lowest BCUT2D eigenvalue weighted by atomic mass is 9.43. The van der Waals surface area contributed by atoms with Gasteiger partial charge in [0.15, 0.2) is 11.7 Å². The first-order chi connectivity index (χ1) is 21.8. The van der Waals surface area contributed by atoms with Gasteiger partial charge in [0.25, 0.3) is 0 Å². The molecular weight excluding hydrogens is 581 g/mol. The first-order valence-electron chi connectivity index (χ1n) is 17.4. The molecule has 4 fully saturated rings. The molecule has 1 heterocycles. The minimum Gasteiger partial charge on any atom is -0.404 e. The fourth-order valence-electron chi connectivity index (χ4n) is 7.83. The molecule has 3 aliphatic carbocycles. The van der Waals surface area contributed by atoms with Crippen molar-refractivity contribution in [3.8, 4) is 0 Å². The molecule has 254 valence electrons. The molecule has 10 nitrogen and oxygen atoms in total. The molecule has 0 spiro atoms. The van der Waals surface area contributed by atoms with Gasteiger partial charge < -0.3 is 31.4 Å². The molecule has 6 atom stereocenters. The summed E-state index contributed by atoms with van der Waals surface area (Å²) in [6.07, 6.45) is 7.77. The molecule has 2 bridgehead atoms. The Morgan fingerprint density at radius 3 is 2.33 bits per heavy atom. The van der Waals surface area contributed by atoms with Gasteiger partial charge in [-0.05, 0) is 75.0 Å². The van der Waals surface area contributed by atoms with Gasteiger partial charge in [-0.25, -0.2) is 0 Å². The lowest BCUT2D eigenvalue weighted by molar-refractivity contribution is -0.199. The predicted molar refractivity (Wildman–Crippen MR) is 182 cm³/mol. The number of carbonyl (C=O) groups is 3. The molecule has 11 heteroatoms. The Morgan fingerprint density at radius 2 is 1.67 bits per heavy atom. The fraction of sp³-hybridized carbons (Fsp3) is 0.714. The van der Waals surface area contributed by atoms with Gasteiger partial charge in [0.1, 0.15) is 6.04 Å².